The summed E-state index contributed by atoms with van der Waals surface area (Å²) < 4.78 is 16.1. The summed E-state index contributed by atoms with van der Waals surface area (Å²) in [7, 11) is 0. The number of rotatable bonds is 5. The predicted molar refractivity (Wildman–Crippen MR) is 91.4 cm³/mol. The average Bonchev–Trinajstić information content (AvgIpc) is 3.15. The highest BCUT2D eigenvalue weighted by atomic mass is 35.5. The Morgan fingerprint density at radius 1 is 1.12 bits per heavy atom. The molecule has 8 heteroatoms. The Hall–Kier alpha value is -2.31. The lowest BCUT2D eigenvalue weighted by Gasteiger charge is -2.03. The summed E-state index contributed by atoms with van der Waals surface area (Å²) in [6.45, 7) is 3.53. The molecule has 25 heavy (non-hydrogen) atoms. The van der Waals surface area contributed by atoms with E-state index in [2.05, 4.69) is 10.2 Å². The maximum atomic E-state index is 11.9. The highest BCUT2D eigenvalue weighted by Gasteiger charge is 2.16. The maximum absolute atomic E-state index is 11.9. The fourth-order valence-electron chi connectivity index (χ4n) is 2.27. The van der Waals surface area contributed by atoms with Gasteiger partial charge in [0.1, 0.15) is 11.5 Å². The molecule has 0 aliphatic rings. The standard InChI is InChI=1S/C17H14Cl2N2O4/c1-9-5-12(10(2)24-9)17-21-20-15(25-17)8-23-16(22)7-11-3-4-13(18)14(19)6-11/h3-6H,7-8H2,1-2H3. The Balaban J connectivity index is 1.59. The number of furan rings is 1. The molecule has 0 N–H and O–H groups in total. The molecule has 6 nitrogen and oxygen atoms in total. The van der Waals surface area contributed by atoms with Crippen LogP contribution in [0.1, 0.15) is 23.0 Å². The van der Waals surface area contributed by atoms with E-state index in [4.69, 9.17) is 36.8 Å². The molecule has 130 valence electrons. The van der Waals surface area contributed by atoms with Gasteiger partial charge in [-0.1, -0.05) is 29.3 Å². The van der Waals surface area contributed by atoms with Crippen molar-refractivity contribution >= 4 is 29.2 Å². The Labute approximate surface area is 153 Å². The van der Waals surface area contributed by atoms with Gasteiger partial charge in [0.05, 0.1) is 22.0 Å². The molecule has 0 atom stereocenters. The van der Waals surface area contributed by atoms with Crippen LogP contribution in [0.2, 0.25) is 10.0 Å². The SMILES string of the molecule is Cc1cc(-c2nnc(COC(=O)Cc3ccc(Cl)c(Cl)c3)o2)c(C)o1. The van der Waals surface area contributed by atoms with Crippen molar-refractivity contribution in [2.24, 2.45) is 0 Å². The van der Waals surface area contributed by atoms with Gasteiger partial charge >= 0.3 is 5.97 Å². The monoisotopic (exact) mass is 380 g/mol. The van der Waals surface area contributed by atoms with Crippen molar-refractivity contribution in [1.29, 1.82) is 0 Å². The number of hydrogen-bond acceptors (Lipinski definition) is 6. The summed E-state index contributed by atoms with van der Waals surface area (Å²) in [6.07, 6.45) is 0.0674. The number of benzene rings is 1. The molecule has 3 aromatic rings. The van der Waals surface area contributed by atoms with Gasteiger partial charge in [0.25, 0.3) is 11.8 Å². The fraction of sp³-hybridized carbons (Fsp3) is 0.235. The van der Waals surface area contributed by atoms with Crippen LogP contribution in [0.25, 0.3) is 11.5 Å². The van der Waals surface area contributed by atoms with Crippen molar-refractivity contribution in [2.75, 3.05) is 0 Å². The second kappa shape index (κ2) is 7.29. The van der Waals surface area contributed by atoms with Gasteiger partial charge in [-0.25, -0.2) is 0 Å². The second-order valence-corrected chi connectivity index (χ2v) is 6.23. The molecule has 2 aromatic heterocycles. The summed E-state index contributed by atoms with van der Waals surface area (Å²) in [5.74, 6) is 1.53. The summed E-state index contributed by atoms with van der Waals surface area (Å²) >= 11 is 11.8. The number of aromatic nitrogens is 2. The molecule has 0 radical (unpaired) electrons. The van der Waals surface area contributed by atoms with Crippen LogP contribution < -0.4 is 0 Å². The van der Waals surface area contributed by atoms with E-state index >= 15 is 0 Å². The first-order valence-corrected chi connectivity index (χ1v) is 8.17. The maximum Gasteiger partial charge on any atom is 0.310 e. The second-order valence-electron chi connectivity index (χ2n) is 5.41. The van der Waals surface area contributed by atoms with Crippen molar-refractivity contribution < 1.29 is 18.4 Å². The van der Waals surface area contributed by atoms with E-state index in [1.165, 1.54) is 0 Å². The normalized spacial score (nSPS) is 10.9. The van der Waals surface area contributed by atoms with E-state index in [9.17, 15) is 4.79 Å². The number of halogens is 2. The smallest absolute Gasteiger partial charge is 0.310 e. The van der Waals surface area contributed by atoms with Crippen molar-refractivity contribution in [3.63, 3.8) is 0 Å². The van der Waals surface area contributed by atoms with Gasteiger partial charge < -0.3 is 13.6 Å². The van der Waals surface area contributed by atoms with Crippen molar-refractivity contribution in [2.45, 2.75) is 26.9 Å². The van der Waals surface area contributed by atoms with Crippen LogP contribution in [-0.4, -0.2) is 16.2 Å². The molecular weight excluding hydrogens is 367 g/mol. The van der Waals surface area contributed by atoms with E-state index in [0.29, 0.717) is 27.3 Å². The third-order valence-corrected chi connectivity index (χ3v) is 4.17. The molecule has 0 spiro atoms. The van der Waals surface area contributed by atoms with E-state index < -0.39 is 5.97 Å². The minimum atomic E-state index is -0.437. The van der Waals surface area contributed by atoms with Gasteiger partial charge in [0.15, 0.2) is 6.61 Å². The predicted octanol–water partition coefficient (Wildman–Crippen LogP) is 4.54. The van der Waals surface area contributed by atoms with E-state index in [-0.39, 0.29) is 18.9 Å². The number of carbonyl (C=O) groups excluding carboxylic acids is 1. The molecule has 0 fully saturated rings. The van der Waals surface area contributed by atoms with Crippen LogP contribution in [0.5, 0.6) is 0 Å². The highest BCUT2D eigenvalue weighted by molar-refractivity contribution is 6.42. The first-order valence-electron chi connectivity index (χ1n) is 7.41. The molecule has 0 amide bonds. The summed E-state index contributed by atoms with van der Waals surface area (Å²) in [6, 6.07) is 6.78. The van der Waals surface area contributed by atoms with E-state index in [1.54, 1.807) is 18.2 Å². The van der Waals surface area contributed by atoms with Crippen LogP contribution in [0.15, 0.2) is 33.1 Å². The molecule has 1 aromatic carbocycles. The highest BCUT2D eigenvalue weighted by Crippen LogP contribution is 2.25. The Kier molecular flexibility index (Phi) is 5.11. The Morgan fingerprint density at radius 3 is 2.60 bits per heavy atom. The van der Waals surface area contributed by atoms with E-state index in [0.717, 1.165) is 11.3 Å². The average molecular weight is 381 g/mol. The third kappa shape index (κ3) is 4.21. The lowest BCUT2D eigenvalue weighted by atomic mass is 10.1. The molecule has 0 saturated carbocycles. The lowest BCUT2D eigenvalue weighted by molar-refractivity contribution is -0.144. The molecule has 3 rings (SSSR count). The van der Waals surface area contributed by atoms with Crippen molar-refractivity contribution in [3.8, 4) is 11.5 Å². The number of nitrogens with zero attached hydrogens (tertiary/aromatic N) is 2. The number of carbonyl (C=O) groups is 1. The zero-order valence-electron chi connectivity index (χ0n) is 13.5. The minimum absolute atomic E-state index is 0.0674. The number of aryl methyl sites for hydroxylation is 2. The zero-order chi connectivity index (χ0) is 18.0. The molecule has 0 aliphatic heterocycles. The van der Waals surface area contributed by atoms with Crippen molar-refractivity contribution in [1.82, 2.24) is 10.2 Å². The van der Waals surface area contributed by atoms with Crippen LogP contribution in [0.3, 0.4) is 0 Å². The van der Waals surface area contributed by atoms with Gasteiger partial charge in [0, 0.05) is 0 Å². The van der Waals surface area contributed by atoms with Crippen LogP contribution >= 0.6 is 23.2 Å². The summed E-state index contributed by atoms with van der Waals surface area (Å²) in [5, 5.41) is 8.64. The molecule has 0 aliphatic carbocycles. The molecular formula is C17H14Cl2N2O4. The molecule has 0 saturated heterocycles. The number of ether oxygens (including phenoxy) is 1. The van der Waals surface area contributed by atoms with Crippen molar-refractivity contribution in [3.05, 3.63) is 57.3 Å². The first kappa shape index (κ1) is 17.5. The summed E-state index contributed by atoms with van der Waals surface area (Å²) in [4.78, 5) is 11.9. The van der Waals surface area contributed by atoms with Crippen LogP contribution in [0, 0.1) is 13.8 Å². The topological polar surface area (TPSA) is 78.4 Å². The molecule has 0 bridgehead atoms. The Bertz CT molecular complexity index is 917. The summed E-state index contributed by atoms with van der Waals surface area (Å²) in [5.41, 5.74) is 1.42. The van der Waals surface area contributed by atoms with Gasteiger partial charge in [0.2, 0.25) is 0 Å². The minimum Gasteiger partial charge on any atom is -0.466 e. The van der Waals surface area contributed by atoms with Crippen LogP contribution in [-0.2, 0) is 22.6 Å². The first-order chi connectivity index (χ1) is 11.9. The van der Waals surface area contributed by atoms with Crippen LogP contribution in [0.4, 0.5) is 0 Å². The van der Waals surface area contributed by atoms with Gasteiger partial charge in [-0.2, -0.15) is 0 Å². The largest absolute Gasteiger partial charge is 0.466 e. The number of esters is 1. The Morgan fingerprint density at radius 2 is 1.92 bits per heavy atom. The zero-order valence-corrected chi connectivity index (χ0v) is 15.0. The van der Waals surface area contributed by atoms with Gasteiger partial charge in [-0.15, -0.1) is 10.2 Å². The van der Waals surface area contributed by atoms with Gasteiger partial charge in [-0.3, -0.25) is 4.79 Å². The lowest BCUT2D eigenvalue weighted by Crippen LogP contribution is -2.08. The molecule has 0 unspecified atom stereocenters. The third-order valence-electron chi connectivity index (χ3n) is 3.43. The number of hydrogen-bond donors (Lipinski definition) is 0. The van der Waals surface area contributed by atoms with E-state index in [1.807, 2.05) is 19.9 Å². The van der Waals surface area contributed by atoms with Gasteiger partial charge in [-0.05, 0) is 37.6 Å². The fourth-order valence-corrected chi connectivity index (χ4v) is 2.59. The quantitative estimate of drug-likeness (QED) is 0.604. The molecule has 2 heterocycles.